The molecule has 0 saturated carbocycles. The van der Waals surface area contributed by atoms with Crippen LogP contribution in [0.4, 0.5) is 0 Å². The first-order valence-corrected chi connectivity index (χ1v) is 4.94. The molecule has 76 valence electrons. The number of hydrogen-bond donors (Lipinski definition) is 1. The Morgan fingerprint density at radius 2 is 2.00 bits per heavy atom. The van der Waals surface area contributed by atoms with E-state index in [1.807, 2.05) is 6.92 Å². The second kappa shape index (κ2) is 6.70. The molecule has 0 rings (SSSR count). The predicted molar refractivity (Wildman–Crippen MR) is 60.0 cm³/mol. The molecule has 0 spiro atoms. The molecule has 13 heavy (non-hydrogen) atoms. The van der Waals surface area contributed by atoms with Crippen molar-refractivity contribution in [3.63, 3.8) is 0 Å². The molecule has 2 nitrogen and oxygen atoms in total. The van der Waals surface area contributed by atoms with Gasteiger partial charge in [0, 0.05) is 0 Å². The van der Waals surface area contributed by atoms with Crippen molar-refractivity contribution >= 4 is 5.84 Å². The van der Waals surface area contributed by atoms with Gasteiger partial charge in [0.05, 0.1) is 12.4 Å². The first kappa shape index (κ1) is 12.2. The normalized spacial score (nSPS) is 13.9. The van der Waals surface area contributed by atoms with Crippen LogP contribution in [0.5, 0.6) is 0 Å². The van der Waals surface area contributed by atoms with Gasteiger partial charge in [-0.25, -0.2) is 0 Å². The van der Waals surface area contributed by atoms with E-state index < -0.39 is 0 Å². The number of allylic oxidation sites excluding steroid dienone is 1. The summed E-state index contributed by atoms with van der Waals surface area (Å²) in [6.45, 7) is 9.16. The monoisotopic (exact) mass is 182 g/mol. The Labute approximate surface area is 81.9 Å². The molecule has 0 aromatic rings. The van der Waals surface area contributed by atoms with E-state index in [4.69, 9.17) is 5.73 Å². The van der Waals surface area contributed by atoms with Crippen molar-refractivity contribution in [3.8, 4) is 0 Å². The molecule has 0 fully saturated rings. The number of nitrogens with zero attached hydrogens (tertiary/aromatic N) is 1. The molecule has 0 aliphatic heterocycles. The van der Waals surface area contributed by atoms with Crippen LogP contribution in [0.3, 0.4) is 0 Å². The fourth-order valence-corrected chi connectivity index (χ4v) is 0.977. The topological polar surface area (TPSA) is 38.4 Å². The highest BCUT2D eigenvalue weighted by molar-refractivity contribution is 5.77. The second-order valence-electron chi connectivity index (χ2n) is 3.98. The average molecular weight is 182 g/mol. The van der Waals surface area contributed by atoms with Crippen LogP contribution in [-0.2, 0) is 0 Å². The summed E-state index contributed by atoms with van der Waals surface area (Å²) >= 11 is 0. The lowest BCUT2D eigenvalue weighted by molar-refractivity contribution is 0.593. The first-order chi connectivity index (χ1) is 6.02. The Morgan fingerprint density at radius 1 is 1.38 bits per heavy atom. The van der Waals surface area contributed by atoms with Gasteiger partial charge in [-0.3, -0.25) is 4.99 Å². The fraction of sp³-hybridized carbons (Fsp3) is 0.727. The lowest BCUT2D eigenvalue weighted by Gasteiger charge is -2.01. The first-order valence-electron chi connectivity index (χ1n) is 4.94. The van der Waals surface area contributed by atoms with Crippen LogP contribution in [0, 0.1) is 5.92 Å². The van der Waals surface area contributed by atoms with E-state index in [9.17, 15) is 0 Å². The standard InChI is InChI=1S/C11H22N2/c1-9(2)6-5-7-10(3)8-13-11(4)12/h7,9H,5-6,8H2,1-4H3,(H2,12,13)/b10-7-. The largest absolute Gasteiger partial charge is 0.388 e. The van der Waals surface area contributed by atoms with Gasteiger partial charge >= 0.3 is 0 Å². The maximum Gasteiger partial charge on any atom is 0.0909 e. The van der Waals surface area contributed by atoms with Crippen LogP contribution in [0.15, 0.2) is 16.6 Å². The summed E-state index contributed by atoms with van der Waals surface area (Å²) in [5.41, 5.74) is 6.75. The number of rotatable bonds is 5. The number of nitrogens with two attached hydrogens (primary N) is 1. The van der Waals surface area contributed by atoms with Crippen LogP contribution in [0.25, 0.3) is 0 Å². The fourth-order valence-electron chi connectivity index (χ4n) is 0.977. The molecule has 0 heterocycles. The van der Waals surface area contributed by atoms with Crippen LogP contribution in [0.1, 0.15) is 40.5 Å². The van der Waals surface area contributed by atoms with Gasteiger partial charge in [-0.2, -0.15) is 0 Å². The van der Waals surface area contributed by atoms with Gasteiger partial charge < -0.3 is 5.73 Å². The van der Waals surface area contributed by atoms with Gasteiger partial charge in [0.1, 0.15) is 0 Å². The highest BCUT2D eigenvalue weighted by Gasteiger charge is 1.92. The molecule has 0 aliphatic carbocycles. The molecule has 0 amide bonds. The van der Waals surface area contributed by atoms with Crippen LogP contribution >= 0.6 is 0 Å². The average Bonchev–Trinajstić information content (AvgIpc) is 2.00. The Hall–Kier alpha value is -0.790. The summed E-state index contributed by atoms with van der Waals surface area (Å²) in [6.07, 6.45) is 4.66. The van der Waals surface area contributed by atoms with Gasteiger partial charge in [-0.05, 0) is 32.6 Å². The number of aliphatic imine (C=N–C) groups is 1. The zero-order valence-electron chi connectivity index (χ0n) is 9.30. The lowest BCUT2D eigenvalue weighted by atomic mass is 10.1. The van der Waals surface area contributed by atoms with Gasteiger partial charge in [0.25, 0.3) is 0 Å². The zero-order chi connectivity index (χ0) is 10.3. The van der Waals surface area contributed by atoms with Crippen LogP contribution in [0.2, 0.25) is 0 Å². The van der Waals surface area contributed by atoms with Crippen LogP contribution < -0.4 is 5.73 Å². The summed E-state index contributed by atoms with van der Waals surface area (Å²) in [5.74, 6) is 1.44. The molecular formula is C11H22N2. The zero-order valence-corrected chi connectivity index (χ0v) is 9.30. The Bertz CT molecular complexity index is 186. The Morgan fingerprint density at radius 3 is 2.46 bits per heavy atom. The van der Waals surface area contributed by atoms with Crippen molar-refractivity contribution in [3.05, 3.63) is 11.6 Å². The predicted octanol–water partition coefficient (Wildman–Crippen LogP) is 2.75. The molecular weight excluding hydrogens is 160 g/mol. The molecule has 0 bridgehead atoms. The quantitative estimate of drug-likeness (QED) is 0.396. The highest BCUT2D eigenvalue weighted by atomic mass is 14.8. The Kier molecular flexibility index (Phi) is 6.29. The smallest absolute Gasteiger partial charge is 0.0909 e. The molecule has 2 N–H and O–H groups in total. The summed E-state index contributed by atoms with van der Waals surface area (Å²) in [4.78, 5) is 4.15. The van der Waals surface area contributed by atoms with Gasteiger partial charge in [-0.15, -0.1) is 0 Å². The van der Waals surface area contributed by atoms with E-state index in [0.717, 1.165) is 18.9 Å². The summed E-state index contributed by atoms with van der Waals surface area (Å²) < 4.78 is 0. The van der Waals surface area contributed by atoms with Crippen molar-refractivity contribution in [2.24, 2.45) is 16.6 Å². The molecule has 2 heteroatoms. The maximum atomic E-state index is 5.44. The van der Waals surface area contributed by atoms with E-state index in [1.165, 1.54) is 12.0 Å². The van der Waals surface area contributed by atoms with Crippen molar-refractivity contribution < 1.29 is 0 Å². The molecule has 0 aromatic heterocycles. The minimum atomic E-state index is 0.664. The van der Waals surface area contributed by atoms with Crippen molar-refractivity contribution in [2.45, 2.75) is 40.5 Å². The third-order valence-corrected chi connectivity index (χ3v) is 1.81. The maximum absolute atomic E-state index is 5.44. The molecule has 0 radical (unpaired) electrons. The number of amidine groups is 1. The molecule has 0 saturated heterocycles. The summed E-state index contributed by atoms with van der Waals surface area (Å²) in [5, 5.41) is 0. The van der Waals surface area contributed by atoms with Gasteiger partial charge in [0.2, 0.25) is 0 Å². The Balaban J connectivity index is 3.70. The van der Waals surface area contributed by atoms with Crippen molar-refractivity contribution in [1.29, 1.82) is 0 Å². The van der Waals surface area contributed by atoms with E-state index >= 15 is 0 Å². The molecule has 0 unspecified atom stereocenters. The van der Waals surface area contributed by atoms with Gasteiger partial charge in [-0.1, -0.05) is 25.5 Å². The third-order valence-electron chi connectivity index (χ3n) is 1.81. The summed E-state index contributed by atoms with van der Waals surface area (Å²) in [6, 6.07) is 0. The molecule has 0 aromatic carbocycles. The minimum Gasteiger partial charge on any atom is -0.388 e. The van der Waals surface area contributed by atoms with Crippen molar-refractivity contribution in [2.75, 3.05) is 6.54 Å². The van der Waals surface area contributed by atoms with E-state index in [-0.39, 0.29) is 0 Å². The highest BCUT2D eigenvalue weighted by Crippen LogP contribution is 2.06. The third kappa shape index (κ3) is 9.12. The SMILES string of the molecule is CC(N)=NC/C(C)=C\CCC(C)C. The summed E-state index contributed by atoms with van der Waals surface area (Å²) in [7, 11) is 0. The van der Waals surface area contributed by atoms with Crippen molar-refractivity contribution in [1.82, 2.24) is 0 Å². The van der Waals surface area contributed by atoms with E-state index in [0.29, 0.717) is 5.84 Å². The van der Waals surface area contributed by atoms with E-state index in [1.54, 1.807) is 0 Å². The minimum absolute atomic E-state index is 0.664. The van der Waals surface area contributed by atoms with Crippen LogP contribution in [-0.4, -0.2) is 12.4 Å². The lowest BCUT2D eigenvalue weighted by Crippen LogP contribution is -2.06. The van der Waals surface area contributed by atoms with E-state index in [2.05, 4.69) is 31.8 Å². The molecule has 0 aliphatic rings. The second-order valence-corrected chi connectivity index (χ2v) is 3.98. The molecule has 0 atom stereocenters. The van der Waals surface area contributed by atoms with Gasteiger partial charge in [0.15, 0.2) is 0 Å². The number of hydrogen-bond acceptors (Lipinski definition) is 1.